The molecular formula is C28H22ClF3N4O4. The van der Waals surface area contributed by atoms with E-state index in [9.17, 15) is 27.6 Å². The van der Waals surface area contributed by atoms with Gasteiger partial charge in [-0.05, 0) is 61.4 Å². The van der Waals surface area contributed by atoms with Gasteiger partial charge in [0.25, 0.3) is 5.91 Å². The van der Waals surface area contributed by atoms with E-state index in [1.165, 1.54) is 29.2 Å². The highest BCUT2D eigenvalue weighted by molar-refractivity contribution is 6.31. The topological polar surface area (TPSA) is 94.7 Å². The molecule has 1 atom stereocenters. The van der Waals surface area contributed by atoms with E-state index in [4.69, 9.17) is 16.3 Å². The van der Waals surface area contributed by atoms with E-state index in [-0.39, 0.29) is 23.4 Å². The fourth-order valence-electron chi connectivity index (χ4n) is 4.77. The van der Waals surface area contributed by atoms with Crippen molar-refractivity contribution in [2.45, 2.75) is 32.2 Å². The second-order valence-electron chi connectivity index (χ2n) is 9.49. The Bertz CT molecular complexity index is 1790. The first-order chi connectivity index (χ1) is 18.8. The number of aromatic nitrogens is 2. The lowest BCUT2D eigenvalue weighted by molar-refractivity contribution is -0.137. The van der Waals surface area contributed by atoms with E-state index in [1.54, 1.807) is 49.4 Å². The molecule has 40 heavy (non-hydrogen) atoms. The Balaban J connectivity index is 1.70. The number of fused-ring (bicyclic) bond motifs is 1. The third-order valence-corrected chi connectivity index (χ3v) is 7.12. The van der Waals surface area contributed by atoms with Gasteiger partial charge in [0, 0.05) is 23.2 Å². The van der Waals surface area contributed by atoms with Crippen molar-refractivity contribution in [3.63, 3.8) is 0 Å². The minimum atomic E-state index is -4.64. The minimum absolute atomic E-state index is 0.0299. The number of carbonyl (C=O) groups is 2. The highest BCUT2D eigenvalue weighted by atomic mass is 35.5. The van der Waals surface area contributed by atoms with Crippen LogP contribution in [0.25, 0.3) is 11.0 Å². The first-order valence-corrected chi connectivity index (χ1v) is 12.4. The molecule has 1 aliphatic heterocycles. The van der Waals surface area contributed by atoms with E-state index < -0.39 is 35.0 Å². The summed E-state index contributed by atoms with van der Waals surface area (Å²) < 4.78 is 48.7. The number of hydrogen-bond acceptors (Lipinski definition) is 5. The lowest BCUT2D eigenvalue weighted by Crippen LogP contribution is -2.33. The Labute approximate surface area is 230 Å². The molecule has 1 fully saturated rings. The number of cyclic esters (lactones) is 1. The molecule has 1 aliphatic rings. The van der Waals surface area contributed by atoms with Crippen molar-refractivity contribution in [3.8, 4) is 0 Å². The molecule has 0 spiro atoms. The summed E-state index contributed by atoms with van der Waals surface area (Å²) in [6.45, 7) is 3.09. The van der Waals surface area contributed by atoms with Crippen molar-refractivity contribution in [1.82, 2.24) is 14.5 Å². The number of imide groups is 1. The van der Waals surface area contributed by atoms with E-state index in [2.05, 4.69) is 10.3 Å². The van der Waals surface area contributed by atoms with Crippen molar-refractivity contribution in [1.29, 1.82) is 0 Å². The van der Waals surface area contributed by atoms with E-state index in [1.807, 2.05) is 0 Å². The quantitative estimate of drug-likeness (QED) is 0.268. The average molecular weight is 571 g/mol. The molecule has 3 aromatic carbocycles. The fraction of sp³-hybridized carbons (Fsp3) is 0.214. The molecule has 2 heterocycles. The highest BCUT2D eigenvalue weighted by Gasteiger charge is 2.46. The van der Waals surface area contributed by atoms with Crippen LogP contribution in [0.5, 0.6) is 0 Å². The van der Waals surface area contributed by atoms with Crippen LogP contribution in [0.15, 0.2) is 70.5 Å². The van der Waals surface area contributed by atoms with Crippen molar-refractivity contribution >= 4 is 40.5 Å². The van der Waals surface area contributed by atoms with Gasteiger partial charge in [-0.3, -0.25) is 19.7 Å². The smallest absolute Gasteiger partial charge is 0.416 e. The van der Waals surface area contributed by atoms with Crippen LogP contribution in [0, 0.1) is 6.92 Å². The van der Waals surface area contributed by atoms with E-state index in [0.717, 1.165) is 17.7 Å². The molecule has 206 valence electrons. The highest BCUT2D eigenvalue weighted by Crippen LogP contribution is 2.33. The zero-order chi connectivity index (χ0) is 29.0. The predicted molar refractivity (Wildman–Crippen MR) is 143 cm³/mol. The summed E-state index contributed by atoms with van der Waals surface area (Å²) >= 11 is 6.21. The predicted octanol–water partition coefficient (Wildman–Crippen LogP) is 5.24. The number of nitrogens with zero attached hydrogens (tertiary/aromatic N) is 3. The zero-order valence-corrected chi connectivity index (χ0v) is 22.2. The lowest BCUT2D eigenvalue weighted by Gasteiger charge is -2.20. The SMILES string of the molecule is CN=C(c1cc(Cl)ccc1C)n1c(=O)n(Cc2cccc([C@@]3(C)OC(=O)NC3=O)c2)c2cc(C(F)(F)F)ccc21. The van der Waals surface area contributed by atoms with Crippen molar-refractivity contribution in [2.24, 2.45) is 4.99 Å². The van der Waals surface area contributed by atoms with E-state index >= 15 is 0 Å². The molecule has 1 saturated heterocycles. The summed E-state index contributed by atoms with van der Waals surface area (Å²) in [4.78, 5) is 42.3. The molecule has 1 N–H and O–H groups in total. The molecule has 0 radical (unpaired) electrons. The monoisotopic (exact) mass is 570 g/mol. The van der Waals surface area contributed by atoms with Crippen molar-refractivity contribution in [3.05, 3.63) is 104 Å². The van der Waals surface area contributed by atoms with Gasteiger partial charge in [0.1, 0.15) is 5.84 Å². The largest absolute Gasteiger partial charge is 0.428 e. The average Bonchev–Trinajstić information content (AvgIpc) is 3.32. The van der Waals surface area contributed by atoms with E-state index in [0.29, 0.717) is 21.7 Å². The first kappa shape index (κ1) is 27.2. The number of rotatable bonds is 4. The maximum Gasteiger partial charge on any atom is 0.416 e. The maximum absolute atomic E-state index is 13.9. The van der Waals surface area contributed by atoms with Gasteiger partial charge < -0.3 is 4.74 Å². The van der Waals surface area contributed by atoms with Gasteiger partial charge in [-0.15, -0.1) is 0 Å². The molecule has 0 bridgehead atoms. The van der Waals surface area contributed by atoms with Crippen LogP contribution < -0.4 is 11.0 Å². The Morgan fingerprint density at radius 3 is 2.45 bits per heavy atom. The lowest BCUT2D eigenvalue weighted by atomic mass is 9.94. The van der Waals surface area contributed by atoms with Gasteiger partial charge in [0.2, 0.25) is 5.60 Å². The number of benzene rings is 3. The fourth-order valence-corrected chi connectivity index (χ4v) is 4.95. The molecule has 0 aliphatic carbocycles. The van der Waals surface area contributed by atoms with Crippen molar-refractivity contribution < 1.29 is 27.5 Å². The molecule has 8 nitrogen and oxygen atoms in total. The number of imidazole rings is 1. The van der Waals surface area contributed by atoms with Gasteiger partial charge in [-0.1, -0.05) is 35.9 Å². The molecule has 0 saturated carbocycles. The van der Waals surface area contributed by atoms with Gasteiger partial charge in [0.05, 0.1) is 23.1 Å². The minimum Gasteiger partial charge on any atom is -0.428 e. The molecule has 4 aromatic rings. The number of alkyl carbamates (subject to hydrolysis) is 1. The van der Waals surface area contributed by atoms with Crippen LogP contribution in [0.1, 0.15) is 34.7 Å². The van der Waals surface area contributed by atoms with Gasteiger partial charge >= 0.3 is 18.0 Å². The number of nitrogens with one attached hydrogen (secondary N) is 1. The van der Waals surface area contributed by atoms with Crippen LogP contribution in [0.2, 0.25) is 5.02 Å². The van der Waals surface area contributed by atoms with Crippen LogP contribution >= 0.6 is 11.6 Å². The number of alkyl halides is 3. The Hall–Kier alpha value is -4.38. The maximum atomic E-state index is 13.9. The number of halogens is 4. The molecule has 5 rings (SSSR count). The third-order valence-electron chi connectivity index (χ3n) is 6.88. The van der Waals surface area contributed by atoms with Crippen LogP contribution in [-0.2, 0) is 27.9 Å². The second-order valence-corrected chi connectivity index (χ2v) is 9.93. The summed E-state index contributed by atoms with van der Waals surface area (Å²) in [5.74, 6) is -0.441. The molecule has 2 amide bonds. The summed E-state index contributed by atoms with van der Waals surface area (Å²) in [5, 5.41) is 2.49. The molecule has 12 heteroatoms. The van der Waals surface area contributed by atoms with Crippen LogP contribution in [0.4, 0.5) is 18.0 Å². The van der Waals surface area contributed by atoms with Gasteiger partial charge in [-0.2, -0.15) is 13.2 Å². The number of aliphatic imine (C=N–C) groups is 1. The second kappa shape index (κ2) is 9.67. The first-order valence-electron chi connectivity index (χ1n) is 12.0. The van der Waals surface area contributed by atoms with Crippen LogP contribution in [0.3, 0.4) is 0 Å². The molecular weight excluding hydrogens is 549 g/mol. The zero-order valence-electron chi connectivity index (χ0n) is 21.5. The number of ether oxygens (including phenoxy) is 1. The molecule has 0 unspecified atom stereocenters. The number of carbonyl (C=O) groups excluding carboxylic acids is 2. The van der Waals surface area contributed by atoms with Gasteiger partial charge in [-0.25, -0.2) is 14.2 Å². The summed E-state index contributed by atoms with van der Waals surface area (Å²) in [7, 11) is 1.48. The molecule has 1 aromatic heterocycles. The summed E-state index contributed by atoms with van der Waals surface area (Å²) in [6, 6.07) is 14.6. The van der Waals surface area contributed by atoms with Crippen LogP contribution in [-0.4, -0.2) is 34.0 Å². The normalized spacial score (nSPS) is 17.8. The third kappa shape index (κ3) is 4.56. The van der Waals surface area contributed by atoms with Gasteiger partial charge in [0.15, 0.2) is 0 Å². The number of aryl methyl sites for hydroxylation is 1. The Kier molecular flexibility index (Phi) is 6.57. The summed E-state index contributed by atoms with van der Waals surface area (Å²) in [6.07, 6.45) is -5.53. The Morgan fingerprint density at radius 1 is 1.05 bits per heavy atom. The Morgan fingerprint density at radius 2 is 1.80 bits per heavy atom. The van der Waals surface area contributed by atoms with Crippen molar-refractivity contribution in [2.75, 3.05) is 7.05 Å². The standard InChI is InChI=1S/C28H22ClF3N4O4/c1-15-7-9-19(29)13-20(15)23(33-3)36-21-10-8-18(28(30,31)32)12-22(21)35(26(36)39)14-16-5-4-6-17(11-16)27(2)24(37)34-25(38)40-27/h4-13H,14H2,1-3H3,(H,34,37,38)/t27-/m1/s1. The number of hydrogen-bond donors (Lipinski definition) is 1. The number of amides is 2. The summed E-state index contributed by atoms with van der Waals surface area (Å²) in [5.41, 5.74) is -0.774.